The number of nitrogens with one attached hydrogen (secondary N) is 1. The van der Waals surface area contributed by atoms with Crippen LogP contribution in [0.4, 0.5) is 15.8 Å². The second kappa shape index (κ2) is 9.23. The predicted octanol–water partition coefficient (Wildman–Crippen LogP) is 3.41. The Morgan fingerprint density at radius 1 is 1.19 bits per heavy atom. The van der Waals surface area contributed by atoms with Crippen LogP contribution >= 0.6 is 0 Å². The van der Waals surface area contributed by atoms with Gasteiger partial charge in [-0.3, -0.25) is 14.9 Å². The summed E-state index contributed by atoms with van der Waals surface area (Å²) in [6.07, 6.45) is 0.906. The maximum atomic E-state index is 13.4. The van der Waals surface area contributed by atoms with Gasteiger partial charge in [0.05, 0.1) is 4.92 Å². The molecule has 7 heteroatoms. The average Bonchev–Trinajstić information content (AvgIpc) is 2.62. The Hall–Kier alpha value is -2.80. The Balaban J connectivity index is 2.09. The van der Waals surface area contributed by atoms with E-state index in [1.165, 1.54) is 6.07 Å². The fourth-order valence-electron chi connectivity index (χ4n) is 2.96. The van der Waals surface area contributed by atoms with Crippen molar-refractivity contribution in [1.82, 2.24) is 0 Å². The van der Waals surface area contributed by atoms with E-state index >= 15 is 0 Å². The molecule has 1 amide bonds. The van der Waals surface area contributed by atoms with E-state index in [-0.39, 0.29) is 17.6 Å². The molecule has 27 heavy (non-hydrogen) atoms. The van der Waals surface area contributed by atoms with Gasteiger partial charge in [-0.05, 0) is 25.0 Å². The molecule has 2 rings (SSSR count). The van der Waals surface area contributed by atoms with E-state index in [0.717, 1.165) is 24.1 Å². The number of amides is 1. The van der Waals surface area contributed by atoms with Crippen molar-refractivity contribution in [3.05, 3.63) is 70.0 Å². The van der Waals surface area contributed by atoms with Crippen molar-refractivity contribution >= 4 is 17.3 Å². The van der Waals surface area contributed by atoms with Crippen LogP contribution in [0.15, 0.2) is 48.5 Å². The monoisotopic (exact) mass is 374 g/mol. The molecule has 0 saturated carbocycles. The first-order valence-electron chi connectivity index (χ1n) is 8.92. The van der Waals surface area contributed by atoms with E-state index in [9.17, 15) is 19.3 Å². The lowest BCUT2D eigenvalue weighted by molar-refractivity contribution is -0.714. The summed E-state index contributed by atoms with van der Waals surface area (Å²) < 4.78 is 13.4. The van der Waals surface area contributed by atoms with E-state index in [4.69, 9.17) is 0 Å². The Labute approximate surface area is 157 Å². The number of benzene rings is 2. The van der Waals surface area contributed by atoms with Crippen LogP contribution in [0.1, 0.15) is 38.8 Å². The summed E-state index contributed by atoms with van der Waals surface area (Å²) in [5, 5.41) is 15.5. The van der Waals surface area contributed by atoms with Crippen LogP contribution in [-0.2, 0) is 4.79 Å². The Morgan fingerprint density at radius 2 is 1.85 bits per heavy atom. The van der Waals surface area contributed by atoms with Crippen molar-refractivity contribution in [3.8, 4) is 0 Å². The van der Waals surface area contributed by atoms with Crippen molar-refractivity contribution in [2.75, 3.05) is 5.32 Å². The number of carbonyl (C=O) groups is 1. The summed E-state index contributed by atoms with van der Waals surface area (Å²) in [6, 6.07) is 13.0. The summed E-state index contributed by atoms with van der Waals surface area (Å²) in [5.41, 5.74) is 0.683. The first kappa shape index (κ1) is 20.5. The smallest absolute Gasteiger partial charge is 0.306 e. The van der Waals surface area contributed by atoms with Crippen molar-refractivity contribution in [2.24, 2.45) is 5.92 Å². The van der Waals surface area contributed by atoms with Gasteiger partial charge in [-0.15, -0.1) is 0 Å². The molecule has 0 radical (unpaired) electrons. The molecule has 0 bridgehead atoms. The first-order chi connectivity index (χ1) is 12.8. The standard InChI is InChI=1S/C20H24FN3O3/c1-13(2)11-18(15-7-5-4-6-8-15)22-14(3)20(25)23-16-9-10-17(21)19(12-16)24(26)27/h4-10,12-14,18,22H,11H2,1-3H3,(H,23,25)/p+1/t14-,18-/m1/s1. The van der Waals surface area contributed by atoms with E-state index < -0.39 is 22.5 Å². The quantitative estimate of drug-likeness (QED) is 0.548. The molecular weight excluding hydrogens is 349 g/mol. The maximum absolute atomic E-state index is 13.4. The van der Waals surface area contributed by atoms with Crippen LogP contribution in [0.5, 0.6) is 0 Å². The molecule has 0 unspecified atom stereocenters. The number of anilines is 1. The number of nitrogens with two attached hydrogens (primary N) is 1. The van der Waals surface area contributed by atoms with E-state index in [1.807, 2.05) is 35.6 Å². The number of nitrogens with zero attached hydrogens (tertiary/aromatic N) is 1. The highest BCUT2D eigenvalue weighted by atomic mass is 19.1. The van der Waals surface area contributed by atoms with Crippen molar-refractivity contribution in [1.29, 1.82) is 0 Å². The van der Waals surface area contributed by atoms with E-state index in [0.29, 0.717) is 5.92 Å². The fourth-order valence-corrected chi connectivity index (χ4v) is 2.96. The summed E-state index contributed by atoms with van der Waals surface area (Å²) in [6.45, 7) is 6.04. The zero-order valence-corrected chi connectivity index (χ0v) is 15.7. The highest BCUT2D eigenvalue weighted by molar-refractivity contribution is 5.93. The number of rotatable bonds is 8. The molecule has 0 saturated heterocycles. The summed E-state index contributed by atoms with van der Waals surface area (Å²) >= 11 is 0. The zero-order chi connectivity index (χ0) is 20.0. The third-order valence-electron chi connectivity index (χ3n) is 4.30. The van der Waals surface area contributed by atoms with Gasteiger partial charge in [0.2, 0.25) is 5.82 Å². The summed E-state index contributed by atoms with van der Waals surface area (Å²) in [4.78, 5) is 22.6. The van der Waals surface area contributed by atoms with Crippen LogP contribution in [0, 0.1) is 21.8 Å². The second-order valence-corrected chi connectivity index (χ2v) is 7.04. The van der Waals surface area contributed by atoms with Gasteiger partial charge in [0, 0.05) is 23.7 Å². The highest BCUT2D eigenvalue weighted by Gasteiger charge is 2.25. The predicted molar refractivity (Wildman–Crippen MR) is 102 cm³/mol. The van der Waals surface area contributed by atoms with Gasteiger partial charge < -0.3 is 10.6 Å². The molecule has 144 valence electrons. The minimum atomic E-state index is -0.932. The average molecular weight is 374 g/mol. The second-order valence-electron chi connectivity index (χ2n) is 7.04. The molecule has 0 aliphatic rings. The molecule has 0 spiro atoms. The number of nitro groups is 1. The van der Waals surface area contributed by atoms with E-state index in [1.54, 1.807) is 6.92 Å². The fraction of sp³-hybridized carbons (Fsp3) is 0.350. The molecule has 6 nitrogen and oxygen atoms in total. The summed E-state index contributed by atoms with van der Waals surface area (Å²) in [7, 11) is 0. The minimum Gasteiger partial charge on any atom is -0.330 e. The van der Waals surface area contributed by atoms with Crippen LogP contribution < -0.4 is 10.6 Å². The van der Waals surface area contributed by atoms with Gasteiger partial charge in [-0.25, -0.2) is 0 Å². The molecule has 3 N–H and O–H groups in total. The topological polar surface area (TPSA) is 88.8 Å². The van der Waals surface area contributed by atoms with Gasteiger partial charge in [0.1, 0.15) is 6.04 Å². The van der Waals surface area contributed by atoms with Gasteiger partial charge in [-0.2, -0.15) is 4.39 Å². The van der Waals surface area contributed by atoms with Crippen molar-refractivity contribution < 1.29 is 19.4 Å². The zero-order valence-electron chi connectivity index (χ0n) is 15.7. The number of carbonyl (C=O) groups excluding carboxylic acids is 1. The maximum Gasteiger partial charge on any atom is 0.306 e. The number of nitro benzene ring substituents is 1. The molecule has 0 fully saturated rings. The van der Waals surface area contributed by atoms with Crippen LogP contribution in [0.2, 0.25) is 0 Å². The van der Waals surface area contributed by atoms with Gasteiger partial charge in [-0.1, -0.05) is 44.2 Å². The normalized spacial score (nSPS) is 13.2. The van der Waals surface area contributed by atoms with Crippen LogP contribution in [-0.4, -0.2) is 16.9 Å². The number of quaternary nitrogens is 1. The minimum absolute atomic E-state index is 0.120. The SMILES string of the molecule is CC(C)C[C@@H]([NH2+][C@H](C)C(=O)Nc1ccc(F)c([N+](=O)[O-])c1)c1ccccc1. The molecule has 2 aromatic carbocycles. The number of hydrogen-bond donors (Lipinski definition) is 2. The molecule has 0 heterocycles. The van der Waals surface area contributed by atoms with E-state index in [2.05, 4.69) is 19.2 Å². The highest BCUT2D eigenvalue weighted by Crippen LogP contribution is 2.22. The third kappa shape index (κ3) is 5.86. The van der Waals surface area contributed by atoms with Gasteiger partial charge in [0.25, 0.3) is 5.91 Å². The Bertz CT molecular complexity index is 796. The van der Waals surface area contributed by atoms with Gasteiger partial charge >= 0.3 is 5.69 Å². The molecule has 2 aromatic rings. The number of hydrogen-bond acceptors (Lipinski definition) is 3. The lowest BCUT2D eigenvalue weighted by Crippen LogP contribution is -2.92. The van der Waals surface area contributed by atoms with Crippen LogP contribution in [0.3, 0.4) is 0 Å². The van der Waals surface area contributed by atoms with Crippen molar-refractivity contribution in [2.45, 2.75) is 39.3 Å². The number of halogens is 1. The third-order valence-corrected chi connectivity index (χ3v) is 4.30. The molecule has 0 aromatic heterocycles. The molecule has 0 aliphatic heterocycles. The first-order valence-corrected chi connectivity index (χ1v) is 8.92. The van der Waals surface area contributed by atoms with Crippen molar-refractivity contribution in [3.63, 3.8) is 0 Å². The van der Waals surface area contributed by atoms with Gasteiger partial charge in [0.15, 0.2) is 6.04 Å². The van der Waals surface area contributed by atoms with Crippen LogP contribution in [0.25, 0.3) is 0 Å². The molecule has 2 atom stereocenters. The molecule has 0 aliphatic carbocycles. The lowest BCUT2D eigenvalue weighted by atomic mass is 9.96. The Kier molecular flexibility index (Phi) is 7.01. The largest absolute Gasteiger partial charge is 0.330 e. The summed E-state index contributed by atoms with van der Waals surface area (Å²) in [5.74, 6) is -0.763. The molecular formula is C20H25FN3O3+. The lowest BCUT2D eigenvalue weighted by Gasteiger charge is -2.21. The Morgan fingerprint density at radius 3 is 2.44 bits per heavy atom.